The van der Waals surface area contributed by atoms with E-state index >= 15 is 0 Å². The number of phenols is 1. The quantitative estimate of drug-likeness (QED) is 0.932. The fourth-order valence-corrected chi connectivity index (χ4v) is 2.96. The summed E-state index contributed by atoms with van der Waals surface area (Å²) >= 11 is 0. The van der Waals surface area contributed by atoms with Crippen LogP contribution in [0.3, 0.4) is 0 Å². The lowest BCUT2D eigenvalue weighted by molar-refractivity contribution is -0.139. The number of hydrogen-bond donors (Lipinski definition) is 1. The maximum Gasteiger partial charge on any atom is 0.223 e. The lowest BCUT2D eigenvalue weighted by Gasteiger charge is -2.33. The standard InChI is InChI=1S/C20H20N2O3/c21-13-16-2-1-3-17(12-16)19-14-22(10-11-25-19)20(24)9-6-15-4-7-18(23)8-5-15/h1-5,7-8,12,19,23H,6,9-11,14H2. The molecule has 1 aliphatic rings. The van der Waals surface area contributed by atoms with Crippen molar-refractivity contribution in [1.82, 2.24) is 4.90 Å². The molecule has 0 saturated carbocycles. The van der Waals surface area contributed by atoms with Crippen molar-refractivity contribution >= 4 is 5.91 Å². The van der Waals surface area contributed by atoms with Crippen molar-refractivity contribution in [3.63, 3.8) is 0 Å². The molecule has 1 saturated heterocycles. The Hall–Kier alpha value is -2.84. The van der Waals surface area contributed by atoms with Crippen molar-refractivity contribution in [3.8, 4) is 11.8 Å². The second-order valence-electron chi connectivity index (χ2n) is 6.10. The van der Waals surface area contributed by atoms with Crippen LogP contribution < -0.4 is 0 Å². The van der Waals surface area contributed by atoms with E-state index in [0.29, 0.717) is 38.1 Å². The summed E-state index contributed by atoms with van der Waals surface area (Å²) < 4.78 is 5.79. The smallest absolute Gasteiger partial charge is 0.223 e. The normalized spacial score (nSPS) is 17.1. The molecule has 0 spiro atoms. The van der Waals surface area contributed by atoms with Gasteiger partial charge in [-0.05, 0) is 41.8 Å². The number of aromatic hydroxyl groups is 1. The number of morpholine rings is 1. The van der Waals surface area contributed by atoms with E-state index in [2.05, 4.69) is 6.07 Å². The van der Waals surface area contributed by atoms with Gasteiger partial charge in [-0.25, -0.2) is 0 Å². The molecular weight excluding hydrogens is 316 g/mol. The van der Waals surface area contributed by atoms with Crippen molar-refractivity contribution in [3.05, 3.63) is 65.2 Å². The topological polar surface area (TPSA) is 73.6 Å². The van der Waals surface area contributed by atoms with Crippen molar-refractivity contribution in [2.45, 2.75) is 18.9 Å². The molecule has 5 nitrogen and oxygen atoms in total. The van der Waals surface area contributed by atoms with Crippen molar-refractivity contribution in [2.24, 2.45) is 0 Å². The summed E-state index contributed by atoms with van der Waals surface area (Å²) in [5.41, 5.74) is 2.55. The molecule has 1 amide bonds. The average Bonchev–Trinajstić information content (AvgIpc) is 2.67. The summed E-state index contributed by atoms with van der Waals surface area (Å²) in [4.78, 5) is 14.3. The first-order valence-electron chi connectivity index (χ1n) is 8.33. The van der Waals surface area contributed by atoms with E-state index in [4.69, 9.17) is 10.00 Å². The molecule has 0 aromatic heterocycles. The van der Waals surface area contributed by atoms with Crippen LogP contribution in [0.25, 0.3) is 0 Å². The molecular formula is C20H20N2O3. The molecule has 2 aromatic rings. The number of rotatable bonds is 4. The number of ether oxygens (including phenoxy) is 1. The Morgan fingerprint density at radius 1 is 1.28 bits per heavy atom. The van der Waals surface area contributed by atoms with E-state index in [9.17, 15) is 9.90 Å². The summed E-state index contributed by atoms with van der Waals surface area (Å²) in [6, 6.07) is 16.4. The van der Waals surface area contributed by atoms with Gasteiger partial charge in [-0.15, -0.1) is 0 Å². The van der Waals surface area contributed by atoms with Crippen LogP contribution in [0.15, 0.2) is 48.5 Å². The lowest BCUT2D eigenvalue weighted by Crippen LogP contribution is -2.42. The molecule has 1 heterocycles. The second kappa shape index (κ2) is 7.82. The van der Waals surface area contributed by atoms with Crippen LogP contribution in [0.5, 0.6) is 5.75 Å². The van der Waals surface area contributed by atoms with Crippen LogP contribution in [0, 0.1) is 11.3 Å². The fourth-order valence-electron chi connectivity index (χ4n) is 2.96. The van der Waals surface area contributed by atoms with Gasteiger partial charge in [-0.1, -0.05) is 24.3 Å². The fraction of sp³-hybridized carbons (Fsp3) is 0.300. The van der Waals surface area contributed by atoms with Crippen LogP contribution in [0.1, 0.15) is 29.2 Å². The summed E-state index contributed by atoms with van der Waals surface area (Å²) in [7, 11) is 0. The number of carbonyl (C=O) groups is 1. The maximum absolute atomic E-state index is 12.5. The number of amides is 1. The van der Waals surface area contributed by atoms with E-state index in [1.165, 1.54) is 0 Å². The third kappa shape index (κ3) is 4.37. The lowest BCUT2D eigenvalue weighted by atomic mass is 10.0. The zero-order valence-corrected chi connectivity index (χ0v) is 13.9. The number of nitriles is 1. The molecule has 128 valence electrons. The molecule has 5 heteroatoms. The first kappa shape index (κ1) is 17.0. The summed E-state index contributed by atoms with van der Waals surface area (Å²) in [6.45, 7) is 1.58. The predicted molar refractivity (Wildman–Crippen MR) is 92.9 cm³/mol. The van der Waals surface area contributed by atoms with Crippen LogP contribution in [-0.4, -0.2) is 35.6 Å². The largest absolute Gasteiger partial charge is 0.508 e. The second-order valence-corrected chi connectivity index (χ2v) is 6.10. The van der Waals surface area contributed by atoms with Crippen molar-refractivity contribution in [2.75, 3.05) is 19.7 Å². The summed E-state index contributed by atoms with van der Waals surface area (Å²) in [5, 5.41) is 18.3. The van der Waals surface area contributed by atoms with Crippen LogP contribution >= 0.6 is 0 Å². The highest BCUT2D eigenvalue weighted by Gasteiger charge is 2.25. The summed E-state index contributed by atoms with van der Waals surface area (Å²) in [5.74, 6) is 0.323. The highest BCUT2D eigenvalue weighted by Crippen LogP contribution is 2.23. The highest BCUT2D eigenvalue weighted by atomic mass is 16.5. The van der Waals surface area contributed by atoms with E-state index in [-0.39, 0.29) is 17.8 Å². The van der Waals surface area contributed by atoms with Crippen molar-refractivity contribution in [1.29, 1.82) is 5.26 Å². The van der Waals surface area contributed by atoms with Crippen molar-refractivity contribution < 1.29 is 14.6 Å². The molecule has 0 bridgehead atoms. The molecule has 1 fully saturated rings. The number of aryl methyl sites for hydroxylation is 1. The van der Waals surface area contributed by atoms with Gasteiger partial charge in [0.15, 0.2) is 0 Å². The van der Waals surface area contributed by atoms with Gasteiger partial charge in [0, 0.05) is 13.0 Å². The minimum absolute atomic E-state index is 0.0952. The zero-order chi connectivity index (χ0) is 17.6. The van der Waals surface area contributed by atoms with Gasteiger partial charge in [0.05, 0.1) is 24.8 Å². The molecule has 1 unspecified atom stereocenters. The van der Waals surface area contributed by atoms with Crippen LogP contribution in [-0.2, 0) is 16.0 Å². The Bertz CT molecular complexity index is 780. The molecule has 2 aromatic carbocycles. The van der Waals surface area contributed by atoms with Crippen LogP contribution in [0.4, 0.5) is 0 Å². The van der Waals surface area contributed by atoms with E-state index in [0.717, 1.165) is 11.1 Å². The molecule has 0 radical (unpaired) electrons. The Morgan fingerprint density at radius 2 is 2.08 bits per heavy atom. The van der Waals surface area contributed by atoms with Gasteiger partial charge in [0.1, 0.15) is 11.9 Å². The minimum Gasteiger partial charge on any atom is -0.508 e. The Balaban J connectivity index is 1.59. The zero-order valence-electron chi connectivity index (χ0n) is 13.9. The SMILES string of the molecule is N#Cc1cccc(C2CN(C(=O)CCc3ccc(O)cc3)CCO2)c1. The van der Waals surface area contributed by atoms with E-state index in [1.807, 2.05) is 35.2 Å². The van der Waals surface area contributed by atoms with Gasteiger partial charge < -0.3 is 14.7 Å². The number of phenolic OH excluding ortho intramolecular Hbond substituents is 1. The maximum atomic E-state index is 12.5. The minimum atomic E-state index is -0.195. The summed E-state index contributed by atoms with van der Waals surface area (Å²) in [6.07, 6.45) is 0.875. The monoisotopic (exact) mass is 336 g/mol. The highest BCUT2D eigenvalue weighted by molar-refractivity contribution is 5.76. The Labute approximate surface area is 147 Å². The molecule has 1 aliphatic heterocycles. The number of benzene rings is 2. The van der Waals surface area contributed by atoms with Gasteiger partial charge in [-0.3, -0.25) is 4.79 Å². The number of carbonyl (C=O) groups excluding carboxylic acids is 1. The predicted octanol–water partition coefficient (Wildman–Crippen LogP) is 2.80. The first-order valence-corrected chi connectivity index (χ1v) is 8.33. The van der Waals surface area contributed by atoms with E-state index < -0.39 is 0 Å². The first-order chi connectivity index (χ1) is 12.2. The Morgan fingerprint density at radius 3 is 2.84 bits per heavy atom. The number of hydrogen-bond acceptors (Lipinski definition) is 4. The van der Waals surface area contributed by atoms with Gasteiger partial charge in [0.25, 0.3) is 0 Å². The molecule has 1 N–H and O–H groups in total. The molecule has 25 heavy (non-hydrogen) atoms. The van der Waals surface area contributed by atoms with E-state index in [1.54, 1.807) is 18.2 Å². The molecule has 3 rings (SSSR count). The molecule has 0 aliphatic carbocycles. The average molecular weight is 336 g/mol. The number of nitrogens with zero attached hydrogens (tertiary/aromatic N) is 2. The van der Waals surface area contributed by atoms with Gasteiger partial charge in [0.2, 0.25) is 5.91 Å². The van der Waals surface area contributed by atoms with Gasteiger partial charge in [-0.2, -0.15) is 5.26 Å². The third-order valence-electron chi connectivity index (χ3n) is 4.37. The third-order valence-corrected chi connectivity index (χ3v) is 4.37. The Kier molecular flexibility index (Phi) is 5.32. The molecule has 1 atom stereocenters. The van der Waals surface area contributed by atoms with Crippen LogP contribution in [0.2, 0.25) is 0 Å². The van der Waals surface area contributed by atoms with Gasteiger partial charge >= 0.3 is 0 Å².